The van der Waals surface area contributed by atoms with Crippen LogP contribution in [-0.2, 0) is 21.4 Å². The maximum Gasteiger partial charge on any atom is 0.264 e. The van der Waals surface area contributed by atoms with Crippen LogP contribution in [0.5, 0.6) is 0 Å². The van der Waals surface area contributed by atoms with Gasteiger partial charge in [-0.15, -0.1) is 0 Å². The molecule has 1 aliphatic heterocycles. The summed E-state index contributed by atoms with van der Waals surface area (Å²) in [5, 5.41) is 0.452. The minimum atomic E-state index is -3.98. The van der Waals surface area contributed by atoms with Crippen LogP contribution in [0, 0.1) is 13.8 Å². The average Bonchev–Trinajstić information content (AvgIpc) is 2.85. The standard InChI is InChI=1S/C27H30ClN3O3S/c1-21-11-13-24(14-12-21)35(33,34)31(26-10-6-9-25(28)22(26)2)20-27(32)30-17-15-29(16-18-30)19-23-7-4-3-5-8-23/h3-14H,15-20H2,1-2H3. The normalized spacial score (nSPS) is 14.7. The Balaban J connectivity index is 1.53. The fraction of sp³-hybridized carbons (Fsp3) is 0.296. The lowest BCUT2D eigenvalue weighted by molar-refractivity contribution is -0.131. The molecule has 0 saturated carbocycles. The molecular formula is C27H30ClN3O3S. The van der Waals surface area contributed by atoms with E-state index in [-0.39, 0.29) is 17.3 Å². The van der Waals surface area contributed by atoms with Gasteiger partial charge < -0.3 is 4.90 Å². The van der Waals surface area contributed by atoms with Crippen LogP contribution in [0.1, 0.15) is 16.7 Å². The molecule has 0 unspecified atom stereocenters. The highest BCUT2D eigenvalue weighted by Gasteiger charge is 2.31. The van der Waals surface area contributed by atoms with Crippen molar-refractivity contribution in [3.05, 3.63) is 94.5 Å². The van der Waals surface area contributed by atoms with Crippen molar-refractivity contribution in [2.45, 2.75) is 25.3 Å². The fourth-order valence-electron chi connectivity index (χ4n) is 4.22. The molecule has 1 heterocycles. The summed E-state index contributed by atoms with van der Waals surface area (Å²) in [4.78, 5) is 17.5. The number of amides is 1. The van der Waals surface area contributed by atoms with E-state index in [2.05, 4.69) is 17.0 Å². The second-order valence-electron chi connectivity index (χ2n) is 8.85. The van der Waals surface area contributed by atoms with Crippen LogP contribution in [0.25, 0.3) is 0 Å². The molecule has 4 rings (SSSR count). The van der Waals surface area contributed by atoms with E-state index in [1.807, 2.05) is 25.1 Å². The van der Waals surface area contributed by atoms with Crippen molar-refractivity contribution in [1.82, 2.24) is 9.80 Å². The first-order valence-corrected chi connectivity index (χ1v) is 13.5. The highest BCUT2D eigenvalue weighted by atomic mass is 35.5. The minimum absolute atomic E-state index is 0.142. The summed E-state index contributed by atoms with van der Waals surface area (Å²) in [6, 6.07) is 22.0. The van der Waals surface area contributed by atoms with Crippen LogP contribution in [0.3, 0.4) is 0 Å². The molecule has 0 spiro atoms. The van der Waals surface area contributed by atoms with E-state index in [0.717, 1.165) is 25.2 Å². The number of hydrogen-bond donors (Lipinski definition) is 0. The zero-order valence-corrected chi connectivity index (χ0v) is 21.6. The summed E-state index contributed by atoms with van der Waals surface area (Å²) >= 11 is 6.32. The molecule has 3 aromatic carbocycles. The van der Waals surface area contributed by atoms with Gasteiger partial charge in [-0.3, -0.25) is 14.0 Å². The van der Waals surface area contributed by atoms with Crippen LogP contribution in [-0.4, -0.2) is 56.8 Å². The van der Waals surface area contributed by atoms with Crippen molar-refractivity contribution in [2.75, 3.05) is 37.0 Å². The quantitative estimate of drug-likeness (QED) is 0.468. The summed E-state index contributed by atoms with van der Waals surface area (Å²) < 4.78 is 28.6. The molecule has 1 saturated heterocycles. The number of rotatable bonds is 7. The number of sulfonamides is 1. The summed E-state index contributed by atoms with van der Waals surface area (Å²) in [6.45, 7) is 6.80. The van der Waals surface area contributed by atoms with E-state index in [9.17, 15) is 13.2 Å². The van der Waals surface area contributed by atoms with Gasteiger partial charge in [0.25, 0.3) is 10.0 Å². The Bertz CT molecular complexity index is 1270. The van der Waals surface area contributed by atoms with Crippen molar-refractivity contribution in [2.24, 2.45) is 0 Å². The first-order valence-electron chi connectivity index (χ1n) is 11.6. The van der Waals surface area contributed by atoms with Gasteiger partial charge in [0, 0.05) is 37.7 Å². The molecule has 0 radical (unpaired) electrons. The van der Waals surface area contributed by atoms with Crippen LogP contribution in [0.15, 0.2) is 77.7 Å². The molecule has 1 fully saturated rings. The van der Waals surface area contributed by atoms with Crippen LogP contribution in [0.2, 0.25) is 5.02 Å². The van der Waals surface area contributed by atoms with E-state index in [4.69, 9.17) is 11.6 Å². The van der Waals surface area contributed by atoms with Gasteiger partial charge in [-0.1, -0.05) is 65.7 Å². The maximum atomic E-state index is 13.7. The number of aryl methyl sites for hydroxylation is 1. The summed E-state index contributed by atoms with van der Waals surface area (Å²) in [5.41, 5.74) is 3.22. The average molecular weight is 512 g/mol. The van der Waals surface area contributed by atoms with E-state index < -0.39 is 10.0 Å². The van der Waals surface area contributed by atoms with Crippen molar-refractivity contribution in [1.29, 1.82) is 0 Å². The lowest BCUT2D eigenvalue weighted by Crippen LogP contribution is -2.51. The van der Waals surface area contributed by atoms with E-state index in [0.29, 0.717) is 29.4 Å². The molecule has 35 heavy (non-hydrogen) atoms. The molecular weight excluding hydrogens is 482 g/mol. The van der Waals surface area contributed by atoms with Crippen LogP contribution in [0.4, 0.5) is 5.69 Å². The van der Waals surface area contributed by atoms with Gasteiger partial charge in [0.05, 0.1) is 10.6 Å². The fourth-order valence-corrected chi connectivity index (χ4v) is 5.86. The summed E-state index contributed by atoms with van der Waals surface area (Å²) in [5.74, 6) is -0.223. The molecule has 1 amide bonds. The molecule has 0 aliphatic carbocycles. The third-order valence-electron chi connectivity index (χ3n) is 6.37. The largest absolute Gasteiger partial charge is 0.339 e. The van der Waals surface area contributed by atoms with Gasteiger partial charge in [0.2, 0.25) is 5.91 Å². The minimum Gasteiger partial charge on any atom is -0.339 e. The monoisotopic (exact) mass is 511 g/mol. The number of anilines is 1. The van der Waals surface area contributed by atoms with Gasteiger partial charge in [-0.25, -0.2) is 8.42 Å². The molecule has 6 nitrogen and oxygen atoms in total. The zero-order chi connectivity index (χ0) is 25.0. The molecule has 0 atom stereocenters. The molecule has 3 aromatic rings. The highest BCUT2D eigenvalue weighted by Crippen LogP contribution is 2.31. The zero-order valence-electron chi connectivity index (χ0n) is 20.0. The molecule has 0 bridgehead atoms. The first kappa shape index (κ1) is 25.2. The number of carbonyl (C=O) groups is 1. The Kier molecular flexibility index (Phi) is 7.79. The molecule has 0 N–H and O–H groups in total. The Morgan fingerprint density at radius 2 is 1.54 bits per heavy atom. The Hall–Kier alpha value is -2.87. The van der Waals surface area contributed by atoms with Gasteiger partial charge in [0.1, 0.15) is 6.54 Å². The Morgan fingerprint density at radius 3 is 2.20 bits per heavy atom. The number of piperazine rings is 1. The van der Waals surface area contributed by atoms with Gasteiger partial charge in [0.15, 0.2) is 0 Å². The van der Waals surface area contributed by atoms with Crippen LogP contribution < -0.4 is 4.31 Å². The SMILES string of the molecule is Cc1ccc(S(=O)(=O)N(CC(=O)N2CCN(Cc3ccccc3)CC2)c2cccc(Cl)c2C)cc1. The number of benzene rings is 3. The van der Waals surface area contributed by atoms with E-state index in [1.165, 1.54) is 9.87 Å². The highest BCUT2D eigenvalue weighted by molar-refractivity contribution is 7.92. The third-order valence-corrected chi connectivity index (χ3v) is 8.55. The topological polar surface area (TPSA) is 60.9 Å². The maximum absolute atomic E-state index is 13.7. The van der Waals surface area contributed by atoms with Crippen molar-refractivity contribution in [3.8, 4) is 0 Å². The summed E-state index contributed by atoms with van der Waals surface area (Å²) in [6.07, 6.45) is 0. The van der Waals surface area contributed by atoms with Crippen molar-refractivity contribution < 1.29 is 13.2 Å². The van der Waals surface area contributed by atoms with Crippen LogP contribution >= 0.6 is 11.6 Å². The Morgan fingerprint density at radius 1 is 0.886 bits per heavy atom. The molecule has 1 aliphatic rings. The van der Waals surface area contributed by atoms with Gasteiger partial charge in [-0.2, -0.15) is 0 Å². The Labute approximate surface area is 212 Å². The number of carbonyl (C=O) groups excluding carboxylic acids is 1. The molecule has 8 heteroatoms. The number of nitrogens with zero attached hydrogens (tertiary/aromatic N) is 3. The molecule has 0 aromatic heterocycles. The predicted octanol–water partition coefficient (Wildman–Crippen LogP) is 4.50. The van der Waals surface area contributed by atoms with Gasteiger partial charge in [-0.05, 0) is 49.2 Å². The smallest absolute Gasteiger partial charge is 0.264 e. The third kappa shape index (κ3) is 5.86. The van der Waals surface area contributed by atoms with E-state index in [1.54, 1.807) is 54.3 Å². The second kappa shape index (κ2) is 10.8. The predicted molar refractivity (Wildman–Crippen MR) is 140 cm³/mol. The summed E-state index contributed by atoms with van der Waals surface area (Å²) in [7, 11) is -3.98. The van der Waals surface area contributed by atoms with Crippen molar-refractivity contribution >= 4 is 33.2 Å². The van der Waals surface area contributed by atoms with E-state index >= 15 is 0 Å². The number of halogens is 1. The number of hydrogen-bond acceptors (Lipinski definition) is 4. The molecule has 184 valence electrons. The lowest BCUT2D eigenvalue weighted by Gasteiger charge is -2.36. The second-order valence-corrected chi connectivity index (χ2v) is 11.1. The van der Waals surface area contributed by atoms with Gasteiger partial charge >= 0.3 is 0 Å². The lowest BCUT2D eigenvalue weighted by atomic mass is 10.2. The first-order chi connectivity index (χ1) is 16.8. The van der Waals surface area contributed by atoms with Crippen molar-refractivity contribution in [3.63, 3.8) is 0 Å².